The molecule has 0 saturated carbocycles. The topological polar surface area (TPSA) is 30.0 Å². The maximum atomic E-state index is 11.7. The van der Waals surface area contributed by atoms with Crippen molar-refractivity contribution in [2.75, 3.05) is 0 Å². The van der Waals surface area contributed by atoms with Crippen molar-refractivity contribution in [3.63, 3.8) is 0 Å². The van der Waals surface area contributed by atoms with Gasteiger partial charge in [-0.05, 0) is 48.1 Å². The van der Waals surface area contributed by atoms with Crippen LogP contribution in [-0.2, 0) is 6.42 Å². The second-order valence-electron chi connectivity index (χ2n) is 6.23. The van der Waals surface area contributed by atoms with E-state index in [1.54, 1.807) is 13.1 Å². The number of aromatic nitrogens is 1. The lowest BCUT2D eigenvalue weighted by Gasteiger charge is -2.05. The van der Waals surface area contributed by atoms with Gasteiger partial charge in [-0.2, -0.15) is 0 Å². The van der Waals surface area contributed by atoms with Crippen LogP contribution in [0.15, 0.2) is 42.6 Å². The molecule has 0 atom stereocenters. The van der Waals surface area contributed by atoms with Gasteiger partial charge in [0.25, 0.3) is 0 Å². The fourth-order valence-electron chi connectivity index (χ4n) is 3.01. The number of carbonyl (C=O) groups excluding carboxylic acids is 1. The highest BCUT2D eigenvalue weighted by Gasteiger charge is 2.09. The van der Waals surface area contributed by atoms with Gasteiger partial charge in [-0.25, -0.2) is 0 Å². The summed E-state index contributed by atoms with van der Waals surface area (Å²) in [5.41, 5.74) is 1.77. The van der Waals surface area contributed by atoms with Crippen LogP contribution in [-0.4, -0.2) is 10.8 Å². The molecule has 0 aliphatic carbocycles. The van der Waals surface area contributed by atoms with E-state index in [1.165, 1.54) is 47.4 Å². The molecule has 0 N–H and O–H groups in total. The number of nitrogens with zero attached hydrogens (tertiary/aromatic N) is 1. The van der Waals surface area contributed by atoms with E-state index in [1.807, 2.05) is 23.5 Å². The fraction of sp³-hybridized carbons (Fsp3) is 0.333. The van der Waals surface area contributed by atoms with Crippen molar-refractivity contribution in [2.24, 2.45) is 0 Å². The van der Waals surface area contributed by atoms with E-state index in [0.29, 0.717) is 5.69 Å². The van der Waals surface area contributed by atoms with Crippen LogP contribution in [0.4, 0.5) is 0 Å². The summed E-state index contributed by atoms with van der Waals surface area (Å²) in [5, 5.41) is 2.01. The van der Waals surface area contributed by atoms with E-state index < -0.39 is 0 Å². The highest BCUT2D eigenvalue weighted by atomic mass is 32.1. The first-order valence-electron chi connectivity index (χ1n) is 8.68. The number of ketones is 1. The summed E-state index contributed by atoms with van der Waals surface area (Å²) in [6.07, 6.45) is 8.10. The predicted molar refractivity (Wildman–Crippen MR) is 103 cm³/mol. The lowest BCUT2D eigenvalue weighted by Crippen LogP contribution is -1.97. The molecule has 0 fully saturated rings. The molecule has 24 heavy (non-hydrogen) atoms. The van der Waals surface area contributed by atoms with Crippen molar-refractivity contribution in [2.45, 2.75) is 46.0 Å². The third-order valence-corrected chi connectivity index (χ3v) is 5.51. The fourth-order valence-corrected chi connectivity index (χ4v) is 4.05. The third-order valence-electron chi connectivity index (χ3n) is 4.32. The number of carbonyl (C=O) groups is 1. The minimum atomic E-state index is 0.0128. The van der Waals surface area contributed by atoms with E-state index in [4.69, 9.17) is 0 Å². The Morgan fingerprint density at radius 1 is 1.08 bits per heavy atom. The van der Waals surface area contributed by atoms with Crippen molar-refractivity contribution in [3.05, 3.63) is 53.2 Å². The third kappa shape index (κ3) is 3.73. The number of hydrogen-bond acceptors (Lipinski definition) is 3. The Hall–Kier alpha value is -2.00. The molecule has 2 heterocycles. The Bertz CT molecular complexity index is 850. The number of thiophene rings is 1. The molecule has 0 unspecified atom stereocenters. The van der Waals surface area contributed by atoms with Gasteiger partial charge in [-0.3, -0.25) is 9.78 Å². The summed E-state index contributed by atoms with van der Waals surface area (Å²) in [6.45, 7) is 3.82. The number of rotatable bonds is 7. The first-order chi connectivity index (χ1) is 11.7. The number of benzene rings is 1. The standard InChI is InChI=1S/C21H23NOS/c1-3-4-5-6-7-18-9-11-20(24-18)17-8-10-19-16(14-17)12-13-22-21(19)15(2)23/h8-14H,3-7H2,1-2H3. The van der Waals surface area contributed by atoms with E-state index in [0.717, 1.165) is 10.8 Å². The molecule has 0 radical (unpaired) electrons. The quantitative estimate of drug-likeness (QED) is 0.374. The molecular formula is C21H23NOS. The van der Waals surface area contributed by atoms with Crippen LogP contribution < -0.4 is 0 Å². The highest BCUT2D eigenvalue weighted by molar-refractivity contribution is 7.15. The van der Waals surface area contributed by atoms with E-state index in [-0.39, 0.29) is 5.78 Å². The van der Waals surface area contributed by atoms with Crippen LogP contribution >= 0.6 is 11.3 Å². The molecule has 1 aromatic carbocycles. The van der Waals surface area contributed by atoms with Gasteiger partial charge in [0.15, 0.2) is 5.78 Å². The Labute approximate surface area is 147 Å². The Morgan fingerprint density at radius 3 is 2.75 bits per heavy atom. The average molecular weight is 337 g/mol. The molecule has 3 rings (SSSR count). The summed E-state index contributed by atoms with van der Waals surface area (Å²) in [6, 6.07) is 12.7. The monoisotopic (exact) mass is 337 g/mol. The SMILES string of the molecule is CCCCCCc1ccc(-c2ccc3c(C(C)=O)nccc3c2)s1. The van der Waals surface area contributed by atoms with E-state index in [2.05, 4.69) is 36.2 Å². The van der Waals surface area contributed by atoms with Crippen LogP contribution in [0.3, 0.4) is 0 Å². The molecule has 124 valence electrons. The largest absolute Gasteiger partial charge is 0.293 e. The Kier molecular flexibility index (Phi) is 5.41. The highest BCUT2D eigenvalue weighted by Crippen LogP contribution is 2.31. The number of pyridine rings is 1. The number of aryl methyl sites for hydroxylation is 1. The molecule has 0 aliphatic heterocycles. The van der Waals surface area contributed by atoms with Gasteiger partial charge in [0.2, 0.25) is 0 Å². The summed E-state index contributed by atoms with van der Waals surface area (Å²) >= 11 is 1.88. The van der Waals surface area contributed by atoms with Crippen molar-refractivity contribution in [1.29, 1.82) is 0 Å². The van der Waals surface area contributed by atoms with Crippen LogP contribution in [0.2, 0.25) is 0 Å². The average Bonchev–Trinajstić information content (AvgIpc) is 3.06. The van der Waals surface area contributed by atoms with E-state index >= 15 is 0 Å². The first kappa shape index (κ1) is 16.8. The summed E-state index contributed by atoms with van der Waals surface area (Å²) in [4.78, 5) is 18.7. The molecule has 2 aromatic heterocycles. The molecule has 0 aliphatic rings. The number of Topliss-reactive ketones (excluding diaryl/α,β-unsaturated/α-hetero) is 1. The number of hydrogen-bond donors (Lipinski definition) is 0. The molecule has 2 nitrogen and oxygen atoms in total. The normalized spacial score (nSPS) is 11.1. The van der Waals surface area contributed by atoms with Gasteiger partial charge < -0.3 is 0 Å². The number of unbranched alkanes of at least 4 members (excludes halogenated alkanes) is 3. The maximum Gasteiger partial charge on any atom is 0.178 e. The lowest BCUT2D eigenvalue weighted by atomic mass is 10.0. The van der Waals surface area contributed by atoms with Crippen LogP contribution in [0.1, 0.15) is 54.9 Å². The zero-order chi connectivity index (χ0) is 16.9. The zero-order valence-electron chi connectivity index (χ0n) is 14.3. The Morgan fingerprint density at radius 2 is 1.96 bits per heavy atom. The Balaban J connectivity index is 1.82. The van der Waals surface area contributed by atoms with Crippen molar-refractivity contribution < 1.29 is 4.79 Å². The van der Waals surface area contributed by atoms with Gasteiger partial charge in [-0.15, -0.1) is 11.3 Å². The van der Waals surface area contributed by atoms with Gasteiger partial charge >= 0.3 is 0 Å². The first-order valence-corrected chi connectivity index (χ1v) is 9.49. The van der Waals surface area contributed by atoms with E-state index in [9.17, 15) is 4.79 Å². The van der Waals surface area contributed by atoms with Crippen molar-refractivity contribution in [1.82, 2.24) is 4.98 Å². The molecule has 3 aromatic rings. The maximum absolute atomic E-state index is 11.7. The molecule has 0 bridgehead atoms. The lowest BCUT2D eigenvalue weighted by molar-refractivity contribution is 0.101. The van der Waals surface area contributed by atoms with Gasteiger partial charge in [0.05, 0.1) is 0 Å². The smallest absolute Gasteiger partial charge is 0.178 e. The molecule has 3 heteroatoms. The minimum absolute atomic E-state index is 0.0128. The molecule has 0 amide bonds. The van der Waals surface area contributed by atoms with Crippen LogP contribution in [0.5, 0.6) is 0 Å². The zero-order valence-corrected chi connectivity index (χ0v) is 15.2. The molecule has 0 spiro atoms. The van der Waals surface area contributed by atoms with Crippen molar-refractivity contribution in [3.8, 4) is 10.4 Å². The minimum Gasteiger partial charge on any atom is -0.293 e. The summed E-state index contributed by atoms with van der Waals surface area (Å²) in [5.74, 6) is 0.0128. The summed E-state index contributed by atoms with van der Waals surface area (Å²) < 4.78 is 0. The second-order valence-corrected chi connectivity index (χ2v) is 7.40. The van der Waals surface area contributed by atoms with Gasteiger partial charge in [-0.1, -0.05) is 38.3 Å². The van der Waals surface area contributed by atoms with Crippen LogP contribution in [0.25, 0.3) is 21.2 Å². The second kappa shape index (κ2) is 7.71. The van der Waals surface area contributed by atoms with Crippen LogP contribution in [0, 0.1) is 0 Å². The predicted octanol–water partition coefficient (Wildman–Crippen LogP) is 6.29. The van der Waals surface area contributed by atoms with Gasteiger partial charge in [0.1, 0.15) is 5.69 Å². The van der Waals surface area contributed by atoms with Gasteiger partial charge in [0, 0.05) is 28.3 Å². The summed E-state index contributed by atoms with van der Waals surface area (Å²) in [7, 11) is 0. The van der Waals surface area contributed by atoms with Crippen molar-refractivity contribution >= 4 is 27.9 Å². The molecule has 0 saturated heterocycles. The molecular weight excluding hydrogens is 314 g/mol. The number of fused-ring (bicyclic) bond motifs is 1.